The molecule has 3 aromatic rings. The highest BCUT2D eigenvalue weighted by Gasteiger charge is 2.28. The Morgan fingerprint density at radius 2 is 1.97 bits per heavy atom. The van der Waals surface area contributed by atoms with Crippen LogP contribution < -0.4 is 5.32 Å². The van der Waals surface area contributed by atoms with E-state index in [0.29, 0.717) is 17.5 Å². The Kier molecular flexibility index (Phi) is 5.34. The second-order valence-corrected chi connectivity index (χ2v) is 8.05. The molecule has 8 heteroatoms. The highest BCUT2D eigenvalue weighted by atomic mass is 19.3. The Labute approximate surface area is 167 Å². The topological polar surface area (TPSA) is 64.2 Å². The molecule has 1 N–H and O–H groups in total. The summed E-state index contributed by atoms with van der Waals surface area (Å²) in [4.78, 5) is 16.9. The van der Waals surface area contributed by atoms with Crippen LogP contribution in [0.3, 0.4) is 0 Å². The molecule has 0 aliphatic heterocycles. The number of amides is 1. The van der Waals surface area contributed by atoms with Gasteiger partial charge in [-0.1, -0.05) is 19.9 Å². The molecule has 154 valence electrons. The number of carbonyl (C=O) groups excluding carboxylic acids is 1. The summed E-state index contributed by atoms with van der Waals surface area (Å²) in [5.41, 5.74) is 0.565. The molecule has 3 aromatic heterocycles. The number of fused-ring (bicyclic) bond motifs is 1. The SMILES string of the molecule is CC(C)[C@H]1CC[C@H](n2cc(NC(=O)c3cnc4ccccn34)c(C(F)F)n2)CC1. The van der Waals surface area contributed by atoms with Gasteiger partial charge in [-0.15, -0.1) is 0 Å². The summed E-state index contributed by atoms with van der Waals surface area (Å²) in [6, 6.07) is 5.45. The third-order valence-corrected chi connectivity index (χ3v) is 5.92. The quantitative estimate of drug-likeness (QED) is 0.646. The summed E-state index contributed by atoms with van der Waals surface area (Å²) < 4.78 is 30.4. The minimum Gasteiger partial charge on any atom is -0.318 e. The van der Waals surface area contributed by atoms with E-state index in [-0.39, 0.29) is 17.4 Å². The molecule has 0 aromatic carbocycles. The lowest BCUT2D eigenvalue weighted by molar-refractivity contribution is 0.102. The van der Waals surface area contributed by atoms with E-state index in [1.54, 1.807) is 33.6 Å². The molecule has 0 unspecified atom stereocenters. The highest BCUT2D eigenvalue weighted by molar-refractivity contribution is 6.03. The van der Waals surface area contributed by atoms with E-state index < -0.39 is 18.0 Å². The number of imidazole rings is 1. The number of rotatable bonds is 5. The molecule has 1 fully saturated rings. The molecule has 1 amide bonds. The largest absolute Gasteiger partial charge is 0.318 e. The van der Waals surface area contributed by atoms with E-state index in [1.807, 2.05) is 6.07 Å². The lowest BCUT2D eigenvalue weighted by Gasteiger charge is -2.30. The number of nitrogens with zero attached hydrogens (tertiary/aromatic N) is 4. The van der Waals surface area contributed by atoms with E-state index in [0.717, 1.165) is 25.7 Å². The van der Waals surface area contributed by atoms with Gasteiger partial charge in [-0.05, 0) is 49.7 Å². The van der Waals surface area contributed by atoms with E-state index in [2.05, 4.69) is 29.2 Å². The number of nitrogens with one attached hydrogen (secondary N) is 1. The number of aromatic nitrogens is 4. The highest BCUT2D eigenvalue weighted by Crippen LogP contribution is 2.37. The third-order valence-electron chi connectivity index (χ3n) is 5.92. The van der Waals surface area contributed by atoms with Gasteiger partial charge in [0.15, 0.2) is 5.69 Å². The van der Waals surface area contributed by atoms with Crippen LogP contribution in [0.25, 0.3) is 5.65 Å². The molecule has 0 saturated heterocycles. The van der Waals surface area contributed by atoms with Crippen LogP contribution in [-0.4, -0.2) is 25.1 Å². The number of halogens is 2. The summed E-state index contributed by atoms with van der Waals surface area (Å²) in [5, 5.41) is 6.74. The van der Waals surface area contributed by atoms with Crippen LogP contribution >= 0.6 is 0 Å². The lowest BCUT2D eigenvalue weighted by Crippen LogP contribution is -2.21. The van der Waals surface area contributed by atoms with E-state index in [4.69, 9.17) is 0 Å². The van der Waals surface area contributed by atoms with Gasteiger partial charge in [0.25, 0.3) is 12.3 Å². The van der Waals surface area contributed by atoms with Gasteiger partial charge in [0.2, 0.25) is 0 Å². The van der Waals surface area contributed by atoms with Crippen molar-refractivity contribution in [2.45, 2.75) is 52.0 Å². The molecular formula is C21H25F2N5O. The number of hydrogen-bond acceptors (Lipinski definition) is 3. The van der Waals surface area contributed by atoms with Gasteiger partial charge in [0, 0.05) is 12.4 Å². The minimum absolute atomic E-state index is 0.0573. The van der Waals surface area contributed by atoms with Crippen molar-refractivity contribution in [2.24, 2.45) is 11.8 Å². The van der Waals surface area contributed by atoms with Gasteiger partial charge in [0.05, 0.1) is 17.9 Å². The van der Waals surface area contributed by atoms with E-state index in [1.165, 1.54) is 6.20 Å². The molecule has 0 bridgehead atoms. The van der Waals surface area contributed by atoms with E-state index >= 15 is 0 Å². The zero-order valence-electron chi connectivity index (χ0n) is 16.6. The third kappa shape index (κ3) is 3.88. The van der Waals surface area contributed by atoms with Crippen molar-refractivity contribution >= 4 is 17.2 Å². The Hall–Kier alpha value is -2.77. The zero-order valence-corrected chi connectivity index (χ0v) is 16.6. The number of carbonyl (C=O) groups is 1. The fourth-order valence-corrected chi connectivity index (χ4v) is 4.17. The van der Waals surface area contributed by atoms with Crippen LogP contribution in [0, 0.1) is 11.8 Å². The van der Waals surface area contributed by atoms with Crippen LogP contribution in [0.4, 0.5) is 14.5 Å². The number of pyridine rings is 1. The first-order chi connectivity index (χ1) is 13.9. The lowest BCUT2D eigenvalue weighted by atomic mass is 9.80. The fourth-order valence-electron chi connectivity index (χ4n) is 4.17. The van der Waals surface area contributed by atoms with Gasteiger partial charge in [-0.25, -0.2) is 13.8 Å². The van der Waals surface area contributed by atoms with Gasteiger partial charge < -0.3 is 5.32 Å². The summed E-state index contributed by atoms with van der Waals surface area (Å²) in [5.74, 6) is 0.810. The smallest absolute Gasteiger partial charge is 0.284 e. The molecular weight excluding hydrogens is 376 g/mol. The van der Waals surface area contributed by atoms with Crippen molar-refractivity contribution in [1.29, 1.82) is 0 Å². The van der Waals surface area contributed by atoms with Crippen LogP contribution in [0.1, 0.15) is 68.2 Å². The number of alkyl halides is 2. The molecule has 0 atom stereocenters. The summed E-state index contributed by atoms with van der Waals surface area (Å²) in [6.45, 7) is 4.45. The average molecular weight is 401 g/mol. The first-order valence-electron chi connectivity index (χ1n) is 10.0. The molecule has 1 aliphatic rings. The number of anilines is 1. The number of hydrogen-bond donors (Lipinski definition) is 1. The summed E-state index contributed by atoms with van der Waals surface area (Å²) >= 11 is 0. The van der Waals surface area contributed by atoms with Gasteiger partial charge >= 0.3 is 0 Å². The van der Waals surface area contributed by atoms with Crippen LogP contribution in [0.5, 0.6) is 0 Å². The molecule has 1 saturated carbocycles. The second-order valence-electron chi connectivity index (χ2n) is 8.05. The maximum absolute atomic E-state index is 13.6. The minimum atomic E-state index is -2.76. The molecule has 3 heterocycles. The van der Waals surface area contributed by atoms with Crippen molar-refractivity contribution in [3.63, 3.8) is 0 Å². The molecule has 1 aliphatic carbocycles. The van der Waals surface area contributed by atoms with E-state index in [9.17, 15) is 13.6 Å². The zero-order chi connectivity index (χ0) is 20.5. The Morgan fingerprint density at radius 1 is 1.21 bits per heavy atom. The van der Waals surface area contributed by atoms with Crippen molar-refractivity contribution in [2.75, 3.05) is 5.32 Å². The first-order valence-corrected chi connectivity index (χ1v) is 10.0. The van der Waals surface area contributed by atoms with Gasteiger partial charge in [-0.3, -0.25) is 13.9 Å². The average Bonchev–Trinajstić information content (AvgIpc) is 3.32. The standard InChI is InChI=1S/C21H25F2N5O/c1-13(2)14-6-8-15(9-7-14)28-12-16(19(26-28)20(22)23)25-21(29)17-11-24-18-5-3-4-10-27(17)18/h3-5,10-15,20H,6-9H2,1-2H3,(H,25,29)/t14-,15-. The van der Waals surface area contributed by atoms with Gasteiger partial charge in [-0.2, -0.15) is 5.10 Å². The second kappa shape index (κ2) is 7.93. The van der Waals surface area contributed by atoms with Gasteiger partial charge in [0.1, 0.15) is 11.3 Å². The first kappa shape index (κ1) is 19.5. The maximum atomic E-state index is 13.6. The normalized spacial score (nSPS) is 19.9. The Balaban J connectivity index is 1.55. The molecule has 6 nitrogen and oxygen atoms in total. The van der Waals surface area contributed by atoms with Crippen molar-refractivity contribution in [1.82, 2.24) is 19.2 Å². The molecule has 29 heavy (non-hydrogen) atoms. The predicted octanol–water partition coefficient (Wildman–Crippen LogP) is 5.11. The summed E-state index contributed by atoms with van der Waals surface area (Å²) in [6.07, 6.45) is 5.88. The van der Waals surface area contributed by atoms with Crippen molar-refractivity contribution in [3.05, 3.63) is 48.2 Å². The van der Waals surface area contributed by atoms with Crippen LogP contribution in [0.15, 0.2) is 36.8 Å². The molecule has 0 radical (unpaired) electrons. The summed E-state index contributed by atoms with van der Waals surface area (Å²) in [7, 11) is 0. The van der Waals surface area contributed by atoms with Crippen LogP contribution in [0.2, 0.25) is 0 Å². The Morgan fingerprint density at radius 3 is 2.66 bits per heavy atom. The maximum Gasteiger partial charge on any atom is 0.284 e. The van der Waals surface area contributed by atoms with Crippen molar-refractivity contribution < 1.29 is 13.6 Å². The van der Waals surface area contributed by atoms with Crippen LogP contribution in [-0.2, 0) is 0 Å². The monoisotopic (exact) mass is 401 g/mol. The predicted molar refractivity (Wildman–Crippen MR) is 106 cm³/mol. The van der Waals surface area contributed by atoms with Crippen molar-refractivity contribution in [3.8, 4) is 0 Å². The Bertz CT molecular complexity index is 1000. The molecule has 4 rings (SSSR count). The molecule has 0 spiro atoms. The fraction of sp³-hybridized carbons (Fsp3) is 0.476.